The van der Waals surface area contributed by atoms with Crippen molar-refractivity contribution < 1.29 is 23.9 Å². The van der Waals surface area contributed by atoms with Gasteiger partial charge in [0.2, 0.25) is 5.91 Å². The highest BCUT2D eigenvalue weighted by Gasteiger charge is 2.38. The smallest absolute Gasteiger partial charge is 0.326 e. The molecule has 0 aromatic carbocycles. The Kier molecular flexibility index (Phi) is 4.07. The van der Waals surface area contributed by atoms with Crippen LogP contribution in [0.15, 0.2) is 23.0 Å². The molecule has 0 spiro atoms. The molecule has 2 N–H and O–H groups in total. The fraction of sp³-hybridized carbons (Fsp3) is 0.462. The summed E-state index contributed by atoms with van der Waals surface area (Å²) < 4.78 is 4.84. The highest BCUT2D eigenvalue weighted by atomic mass is 16.4. The molecule has 108 valence electrons. The molecule has 2 amide bonds. The van der Waals surface area contributed by atoms with Gasteiger partial charge < -0.3 is 19.7 Å². The van der Waals surface area contributed by atoms with E-state index in [0.29, 0.717) is 6.42 Å². The maximum absolute atomic E-state index is 12.3. The van der Waals surface area contributed by atoms with Gasteiger partial charge in [-0.25, -0.2) is 4.79 Å². The van der Waals surface area contributed by atoms with E-state index in [1.807, 2.05) is 0 Å². The Morgan fingerprint density at radius 3 is 2.70 bits per heavy atom. The number of carbonyl (C=O) groups excluding carboxylic acids is 2. The first-order valence-corrected chi connectivity index (χ1v) is 6.32. The zero-order chi connectivity index (χ0) is 14.7. The van der Waals surface area contributed by atoms with Crippen LogP contribution in [-0.2, 0) is 9.59 Å². The molecule has 0 bridgehead atoms. The molecule has 2 heterocycles. The van der Waals surface area contributed by atoms with Gasteiger partial charge in [-0.05, 0) is 18.9 Å². The number of carboxylic acids is 1. The summed E-state index contributed by atoms with van der Waals surface area (Å²) in [6, 6.07) is 0.573. The van der Waals surface area contributed by atoms with Crippen molar-refractivity contribution >= 4 is 17.8 Å². The van der Waals surface area contributed by atoms with Gasteiger partial charge >= 0.3 is 5.97 Å². The molecule has 1 aliphatic heterocycles. The summed E-state index contributed by atoms with van der Waals surface area (Å²) >= 11 is 0. The van der Waals surface area contributed by atoms with Gasteiger partial charge in [0.1, 0.15) is 12.3 Å². The molecule has 1 aliphatic rings. The van der Waals surface area contributed by atoms with Crippen LogP contribution in [0.4, 0.5) is 0 Å². The third kappa shape index (κ3) is 2.66. The predicted molar refractivity (Wildman–Crippen MR) is 68.0 cm³/mol. The second-order valence-electron chi connectivity index (χ2n) is 4.71. The average Bonchev–Trinajstić information content (AvgIpc) is 2.99. The Hall–Kier alpha value is -2.31. The quantitative estimate of drug-likeness (QED) is 0.831. The number of carbonyl (C=O) groups is 3. The van der Waals surface area contributed by atoms with E-state index in [0.717, 1.165) is 0 Å². The number of carboxylic acid groups (broad SMARTS) is 1. The Morgan fingerprint density at radius 2 is 2.15 bits per heavy atom. The van der Waals surface area contributed by atoms with Gasteiger partial charge in [0.15, 0.2) is 0 Å². The van der Waals surface area contributed by atoms with Crippen molar-refractivity contribution in [3.8, 4) is 0 Å². The lowest BCUT2D eigenvalue weighted by Crippen LogP contribution is -2.53. The number of piperidine rings is 1. The van der Waals surface area contributed by atoms with Crippen LogP contribution in [0.1, 0.15) is 23.2 Å². The zero-order valence-electron chi connectivity index (χ0n) is 11.0. The molecule has 2 atom stereocenters. The lowest BCUT2D eigenvalue weighted by Gasteiger charge is -2.36. The van der Waals surface area contributed by atoms with Crippen molar-refractivity contribution in [2.24, 2.45) is 5.92 Å². The molecule has 1 fully saturated rings. The van der Waals surface area contributed by atoms with Crippen molar-refractivity contribution in [3.63, 3.8) is 0 Å². The van der Waals surface area contributed by atoms with Gasteiger partial charge in [0.05, 0.1) is 17.7 Å². The summed E-state index contributed by atoms with van der Waals surface area (Å²) in [4.78, 5) is 36.5. The van der Waals surface area contributed by atoms with E-state index in [9.17, 15) is 19.5 Å². The maximum Gasteiger partial charge on any atom is 0.326 e. The highest BCUT2D eigenvalue weighted by Crippen LogP contribution is 2.24. The van der Waals surface area contributed by atoms with E-state index >= 15 is 0 Å². The van der Waals surface area contributed by atoms with Crippen LogP contribution >= 0.6 is 0 Å². The first-order valence-electron chi connectivity index (χ1n) is 6.32. The van der Waals surface area contributed by atoms with Crippen molar-refractivity contribution in [2.75, 3.05) is 13.6 Å². The van der Waals surface area contributed by atoms with Crippen LogP contribution < -0.4 is 5.32 Å². The zero-order valence-corrected chi connectivity index (χ0v) is 11.0. The van der Waals surface area contributed by atoms with Gasteiger partial charge in [-0.3, -0.25) is 9.59 Å². The van der Waals surface area contributed by atoms with Gasteiger partial charge in [0, 0.05) is 13.6 Å². The van der Waals surface area contributed by atoms with Crippen molar-refractivity contribution in [2.45, 2.75) is 18.9 Å². The second kappa shape index (κ2) is 5.77. The van der Waals surface area contributed by atoms with Crippen LogP contribution in [0.3, 0.4) is 0 Å². The highest BCUT2D eigenvalue weighted by molar-refractivity contribution is 5.97. The van der Waals surface area contributed by atoms with E-state index in [-0.39, 0.29) is 30.4 Å². The van der Waals surface area contributed by atoms with Crippen molar-refractivity contribution in [3.05, 3.63) is 24.2 Å². The largest absolute Gasteiger partial charge is 0.480 e. The SMILES string of the molecule is CNC(=O)[C@H]1CC[C@@H](C(=O)O)N(C(=O)c2ccoc2)C1. The first kappa shape index (κ1) is 14.1. The summed E-state index contributed by atoms with van der Waals surface area (Å²) in [5.41, 5.74) is 0.286. The molecule has 1 aromatic heterocycles. The number of nitrogens with zero attached hydrogens (tertiary/aromatic N) is 1. The monoisotopic (exact) mass is 280 g/mol. The fourth-order valence-corrected chi connectivity index (χ4v) is 2.42. The molecule has 2 rings (SSSR count). The summed E-state index contributed by atoms with van der Waals surface area (Å²) in [5, 5.41) is 11.7. The summed E-state index contributed by atoms with van der Waals surface area (Å²) in [7, 11) is 1.52. The number of hydrogen-bond acceptors (Lipinski definition) is 4. The van der Waals surface area contributed by atoms with E-state index in [1.165, 1.54) is 30.5 Å². The summed E-state index contributed by atoms with van der Waals surface area (Å²) in [6.07, 6.45) is 3.33. The second-order valence-corrected chi connectivity index (χ2v) is 4.71. The lowest BCUT2D eigenvalue weighted by atomic mass is 9.91. The summed E-state index contributed by atoms with van der Waals surface area (Å²) in [6.45, 7) is 0.0979. The average molecular weight is 280 g/mol. The first-order chi connectivity index (χ1) is 9.54. The molecule has 1 saturated heterocycles. The minimum Gasteiger partial charge on any atom is -0.480 e. The molecule has 7 nitrogen and oxygen atoms in total. The van der Waals surface area contributed by atoms with Crippen LogP contribution in [0.5, 0.6) is 0 Å². The van der Waals surface area contributed by atoms with Crippen molar-refractivity contribution in [1.82, 2.24) is 10.2 Å². The van der Waals surface area contributed by atoms with E-state index < -0.39 is 17.9 Å². The lowest BCUT2D eigenvalue weighted by molar-refractivity contribution is -0.145. The third-order valence-corrected chi connectivity index (χ3v) is 3.51. The molecule has 0 radical (unpaired) electrons. The minimum absolute atomic E-state index is 0.0979. The minimum atomic E-state index is -1.06. The molecule has 7 heteroatoms. The normalized spacial score (nSPS) is 22.4. The number of hydrogen-bond donors (Lipinski definition) is 2. The van der Waals surface area contributed by atoms with Crippen LogP contribution in [0.25, 0.3) is 0 Å². The molecular formula is C13H16N2O5. The molecule has 0 unspecified atom stereocenters. The number of likely N-dealkylation sites (tertiary alicyclic amines) is 1. The van der Waals surface area contributed by atoms with Crippen LogP contribution in [-0.4, -0.2) is 47.4 Å². The van der Waals surface area contributed by atoms with Gasteiger partial charge in [0.25, 0.3) is 5.91 Å². The Labute approximate surface area is 115 Å². The fourth-order valence-electron chi connectivity index (χ4n) is 2.42. The topological polar surface area (TPSA) is 99.9 Å². The molecule has 0 saturated carbocycles. The molecular weight excluding hydrogens is 264 g/mol. The van der Waals surface area contributed by atoms with Crippen LogP contribution in [0.2, 0.25) is 0 Å². The van der Waals surface area contributed by atoms with Gasteiger partial charge in [-0.15, -0.1) is 0 Å². The van der Waals surface area contributed by atoms with Gasteiger partial charge in [-0.2, -0.15) is 0 Å². The predicted octanol–water partition coefficient (Wildman–Crippen LogP) is 0.331. The van der Waals surface area contributed by atoms with Crippen LogP contribution in [0, 0.1) is 5.92 Å². The Morgan fingerprint density at radius 1 is 1.40 bits per heavy atom. The number of aliphatic carboxylic acids is 1. The number of rotatable bonds is 3. The number of nitrogens with one attached hydrogen (secondary N) is 1. The molecule has 0 aliphatic carbocycles. The standard InChI is InChI=1S/C13H16N2O5/c1-14-11(16)8-2-3-10(13(18)19)15(6-8)12(17)9-4-5-20-7-9/h4-5,7-8,10H,2-3,6H2,1H3,(H,14,16)(H,18,19)/t8-,10-/m0/s1. The Bertz CT molecular complexity index is 511. The van der Waals surface area contributed by atoms with E-state index in [2.05, 4.69) is 5.32 Å². The van der Waals surface area contributed by atoms with Crippen molar-refractivity contribution in [1.29, 1.82) is 0 Å². The molecule has 20 heavy (non-hydrogen) atoms. The van der Waals surface area contributed by atoms with Gasteiger partial charge in [-0.1, -0.05) is 0 Å². The number of amides is 2. The summed E-state index contributed by atoms with van der Waals surface area (Å²) in [5.74, 6) is -2.05. The van der Waals surface area contributed by atoms with E-state index in [1.54, 1.807) is 0 Å². The third-order valence-electron chi connectivity index (χ3n) is 3.51. The van der Waals surface area contributed by atoms with E-state index in [4.69, 9.17) is 4.42 Å². The Balaban J connectivity index is 2.21. The number of furan rings is 1. The molecule has 1 aromatic rings. The maximum atomic E-state index is 12.3.